The predicted molar refractivity (Wildman–Crippen MR) is 60.6 cm³/mol. The van der Waals surface area contributed by atoms with Crippen molar-refractivity contribution in [3.8, 4) is 11.5 Å². The van der Waals surface area contributed by atoms with Crippen LogP contribution in [0.3, 0.4) is 0 Å². The molecule has 18 heavy (non-hydrogen) atoms. The van der Waals surface area contributed by atoms with Crippen LogP contribution in [0.2, 0.25) is 0 Å². The second kappa shape index (κ2) is 5.50. The Labute approximate surface area is 104 Å². The van der Waals surface area contributed by atoms with Crippen LogP contribution in [0.25, 0.3) is 0 Å². The van der Waals surface area contributed by atoms with E-state index in [2.05, 4.69) is 4.74 Å². The van der Waals surface area contributed by atoms with Gasteiger partial charge in [-0.2, -0.15) is 0 Å². The van der Waals surface area contributed by atoms with Crippen molar-refractivity contribution in [2.75, 3.05) is 0 Å². The van der Waals surface area contributed by atoms with Crippen LogP contribution in [0.15, 0.2) is 24.3 Å². The summed E-state index contributed by atoms with van der Waals surface area (Å²) in [7, 11) is 0. The van der Waals surface area contributed by atoms with E-state index >= 15 is 0 Å². The molecule has 1 aliphatic carbocycles. The van der Waals surface area contributed by atoms with Gasteiger partial charge in [-0.15, -0.1) is 13.2 Å². The predicted octanol–water partition coefficient (Wildman–Crippen LogP) is 4.30. The zero-order valence-electron chi connectivity index (χ0n) is 9.87. The Morgan fingerprint density at radius 3 is 2.33 bits per heavy atom. The van der Waals surface area contributed by atoms with Gasteiger partial charge >= 0.3 is 6.36 Å². The van der Waals surface area contributed by atoms with E-state index in [1.807, 2.05) is 0 Å². The SMILES string of the molecule is FC(F)(F)Oc1cccc(OC2CCCCC2)c1. The fourth-order valence-corrected chi connectivity index (χ4v) is 2.12. The minimum Gasteiger partial charge on any atom is -0.490 e. The molecule has 100 valence electrons. The first kappa shape index (κ1) is 13.1. The van der Waals surface area contributed by atoms with E-state index in [-0.39, 0.29) is 11.9 Å². The van der Waals surface area contributed by atoms with Crippen molar-refractivity contribution in [1.82, 2.24) is 0 Å². The Morgan fingerprint density at radius 1 is 1.00 bits per heavy atom. The number of hydrogen-bond acceptors (Lipinski definition) is 2. The summed E-state index contributed by atoms with van der Waals surface area (Å²) in [5, 5.41) is 0. The Morgan fingerprint density at radius 2 is 1.67 bits per heavy atom. The summed E-state index contributed by atoms with van der Waals surface area (Å²) in [5.74, 6) is 0.194. The lowest BCUT2D eigenvalue weighted by Gasteiger charge is -2.23. The lowest BCUT2D eigenvalue weighted by molar-refractivity contribution is -0.274. The zero-order chi connectivity index (χ0) is 13.0. The molecule has 1 saturated carbocycles. The van der Waals surface area contributed by atoms with E-state index in [4.69, 9.17) is 4.74 Å². The summed E-state index contributed by atoms with van der Waals surface area (Å²) in [6.07, 6.45) is 0.808. The monoisotopic (exact) mass is 260 g/mol. The van der Waals surface area contributed by atoms with Gasteiger partial charge in [0.25, 0.3) is 0 Å². The molecule has 2 rings (SSSR count). The first-order valence-corrected chi connectivity index (χ1v) is 6.05. The van der Waals surface area contributed by atoms with Gasteiger partial charge in [0.05, 0.1) is 6.10 Å². The van der Waals surface area contributed by atoms with E-state index in [0.717, 1.165) is 25.7 Å². The normalized spacial score (nSPS) is 17.5. The van der Waals surface area contributed by atoms with Crippen LogP contribution in [0, 0.1) is 0 Å². The van der Waals surface area contributed by atoms with Gasteiger partial charge < -0.3 is 9.47 Å². The molecular formula is C13H15F3O2. The lowest BCUT2D eigenvalue weighted by atomic mass is 9.98. The topological polar surface area (TPSA) is 18.5 Å². The van der Waals surface area contributed by atoms with Gasteiger partial charge in [0.2, 0.25) is 0 Å². The highest BCUT2D eigenvalue weighted by Crippen LogP contribution is 2.28. The zero-order valence-corrected chi connectivity index (χ0v) is 9.87. The van der Waals surface area contributed by atoms with Crippen molar-refractivity contribution in [3.63, 3.8) is 0 Å². The highest BCUT2D eigenvalue weighted by Gasteiger charge is 2.31. The van der Waals surface area contributed by atoms with E-state index in [0.29, 0.717) is 5.75 Å². The smallest absolute Gasteiger partial charge is 0.490 e. The fourth-order valence-electron chi connectivity index (χ4n) is 2.12. The highest BCUT2D eigenvalue weighted by atomic mass is 19.4. The van der Waals surface area contributed by atoms with Crippen LogP contribution >= 0.6 is 0 Å². The summed E-state index contributed by atoms with van der Waals surface area (Å²) in [5.41, 5.74) is 0. The fraction of sp³-hybridized carbons (Fsp3) is 0.538. The Bertz CT molecular complexity index is 384. The van der Waals surface area contributed by atoms with Crippen molar-refractivity contribution in [3.05, 3.63) is 24.3 Å². The van der Waals surface area contributed by atoms with Crippen LogP contribution in [0.1, 0.15) is 32.1 Å². The first-order valence-electron chi connectivity index (χ1n) is 6.05. The molecule has 0 radical (unpaired) electrons. The minimum atomic E-state index is -4.66. The molecule has 1 aliphatic rings. The van der Waals surface area contributed by atoms with Gasteiger partial charge in [-0.1, -0.05) is 12.5 Å². The van der Waals surface area contributed by atoms with E-state index in [9.17, 15) is 13.2 Å². The quantitative estimate of drug-likeness (QED) is 0.806. The second-order valence-corrected chi connectivity index (χ2v) is 4.40. The third-order valence-electron chi connectivity index (χ3n) is 2.89. The van der Waals surface area contributed by atoms with E-state index in [1.165, 1.54) is 24.6 Å². The molecule has 0 aliphatic heterocycles. The minimum absolute atomic E-state index is 0.111. The molecule has 0 aromatic heterocycles. The van der Waals surface area contributed by atoms with Crippen LogP contribution in [-0.2, 0) is 0 Å². The summed E-state index contributed by atoms with van der Waals surface area (Å²) >= 11 is 0. The Balaban J connectivity index is 1.98. The Hall–Kier alpha value is -1.39. The van der Waals surface area contributed by atoms with Gasteiger partial charge in [-0.25, -0.2) is 0 Å². The number of alkyl halides is 3. The van der Waals surface area contributed by atoms with Gasteiger partial charge in [-0.05, 0) is 37.8 Å². The first-order chi connectivity index (χ1) is 8.53. The molecule has 0 heterocycles. The van der Waals surface area contributed by atoms with Crippen LogP contribution in [-0.4, -0.2) is 12.5 Å². The summed E-state index contributed by atoms with van der Waals surface area (Å²) in [6, 6.07) is 5.69. The summed E-state index contributed by atoms with van der Waals surface area (Å²) in [4.78, 5) is 0. The van der Waals surface area contributed by atoms with Crippen molar-refractivity contribution in [2.45, 2.75) is 44.6 Å². The van der Waals surface area contributed by atoms with Gasteiger partial charge in [-0.3, -0.25) is 0 Å². The number of rotatable bonds is 3. The number of halogens is 3. The largest absolute Gasteiger partial charge is 0.573 e. The van der Waals surface area contributed by atoms with Gasteiger partial charge in [0.15, 0.2) is 0 Å². The van der Waals surface area contributed by atoms with E-state index in [1.54, 1.807) is 6.07 Å². The summed E-state index contributed by atoms with van der Waals surface area (Å²) < 4.78 is 45.7. The third kappa shape index (κ3) is 4.13. The van der Waals surface area contributed by atoms with E-state index < -0.39 is 6.36 Å². The van der Waals surface area contributed by atoms with Gasteiger partial charge in [0, 0.05) is 6.07 Å². The molecule has 0 unspecified atom stereocenters. The van der Waals surface area contributed by atoms with Crippen LogP contribution in [0.4, 0.5) is 13.2 Å². The van der Waals surface area contributed by atoms with Crippen molar-refractivity contribution in [1.29, 1.82) is 0 Å². The maximum atomic E-state index is 12.1. The Kier molecular flexibility index (Phi) is 3.99. The van der Waals surface area contributed by atoms with Crippen molar-refractivity contribution >= 4 is 0 Å². The van der Waals surface area contributed by atoms with Gasteiger partial charge in [0.1, 0.15) is 11.5 Å². The number of ether oxygens (including phenoxy) is 2. The molecule has 0 N–H and O–H groups in total. The third-order valence-corrected chi connectivity index (χ3v) is 2.89. The maximum Gasteiger partial charge on any atom is 0.573 e. The molecule has 2 nitrogen and oxygen atoms in total. The molecule has 1 aromatic carbocycles. The van der Waals surface area contributed by atoms with Crippen LogP contribution < -0.4 is 9.47 Å². The molecule has 5 heteroatoms. The molecule has 1 aromatic rings. The molecule has 0 spiro atoms. The average molecular weight is 260 g/mol. The highest BCUT2D eigenvalue weighted by molar-refractivity contribution is 5.33. The average Bonchev–Trinajstić information content (AvgIpc) is 2.28. The maximum absolute atomic E-state index is 12.1. The number of benzene rings is 1. The standard InChI is InChI=1S/C13H15F3O2/c14-13(15,16)18-12-8-4-7-11(9-12)17-10-5-2-1-3-6-10/h4,7-10H,1-3,5-6H2. The second-order valence-electron chi connectivity index (χ2n) is 4.40. The van der Waals surface area contributed by atoms with Crippen LogP contribution in [0.5, 0.6) is 11.5 Å². The molecule has 0 bridgehead atoms. The molecule has 0 saturated heterocycles. The van der Waals surface area contributed by atoms with Crippen molar-refractivity contribution < 1.29 is 22.6 Å². The summed E-state index contributed by atoms with van der Waals surface area (Å²) in [6.45, 7) is 0. The lowest BCUT2D eigenvalue weighted by Crippen LogP contribution is -2.20. The molecule has 0 atom stereocenters. The molecule has 1 fully saturated rings. The molecule has 0 amide bonds. The van der Waals surface area contributed by atoms with Crippen molar-refractivity contribution in [2.24, 2.45) is 0 Å². The number of hydrogen-bond donors (Lipinski definition) is 0. The molecular weight excluding hydrogens is 245 g/mol.